The zero-order chi connectivity index (χ0) is 15.3. The average Bonchev–Trinajstić information content (AvgIpc) is 2.44. The molecule has 20 heavy (non-hydrogen) atoms. The molecular formula is C13H14F5NO. The summed E-state index contributed by atoms with van der Waals surface area (Å²) in [5.74, 6) is -9.97. The van der Waals surface area contributed by atoms with Gasteiger partial charge in [-0.05, 0) is 19.8 Å². The zero-order valence-corrected chi connectivity index (χ0v) is 11.1. The number of oxime groups is 1. The summed E-state index contributed by atoms with van der Waals surface area (Å²) in [4.78, 5) is 4.64. The van der Waals surface area contributed by atoms with Crippen LogP contribution in [0, 0.1) is 29.1 Å². The van der Waals surface area contributed by atoms with Gasteiger partial charge in [0.2, 0.25) is 5.82 Å². The van der Waals surface area contributed by atoms with E-state index in [2.05, 4.69) is 9.99 Å². The minimum absolute atomic E-state index is 0.579. The van der Waals surface area contributed by atoms with Crippen LogP contribution in [0.1, 0.15) is 38.7 Å². The monoisotopic (exact) mass is 295 g/mol. The van der Waals surface area contributed by atoms with E-state index < -0.39 is 41.3 Å². The van der Waals surface area contributed by atoms with E-state index in [0.29, 0.717) is 12.1 Å². The van der Waals surface area contributed by atoms with Crippen LogP contribution in [0.5, 0.6) is 0 Å². The first-order chi connectivity index (χ1) is 9.40. The molecule has 0 aliphatic heterocycles. The molecule has 0 aromatic heterocycles. The Labute approximate surface area is 113 Å². The molecule has 0 saturated carbocycles. The van der Waals surface area contributed by atoms with Crippen molar-refractivity contribution in [1.29, 1.82) is 0 Å². The van der Waals surface area contributed by atoms with Gasteiger partial charge in [-0.2, -0.15) is 0 Å². The number of hydrogen-bond acceptors (Lipinski definition) is 2. The smallest absolute Gasteiger partial charge is 0.200 e. The molecule has 0 N–H and O–H groups in total. The lowest BCUT2D eigenvalue weighted by atomic mass is 10.2. The van der Waals surface area contributed by atoms with Gasteiger partial charge in [-0.25, -0.2) is 22.0 Å². The number of hydrogen-bond donors (Lipinski definition) is 0. The minimum Gasteiger partial charge on any atom is -0.391 e. The first-order valence-corrected chi connectivity index (χ1v) is 6.05. The lowest BCUT2D eigenvalue weighted by Gasteiger charge is -2.07. The van der Waals surface area contributed by atoms with Crippen molar-refractivity contribution in [3.63, 3.8) is 0 Å². The first-order valence-electron chi connectivity index (χ1n) is 6.05. The van der Waals surface area contributed by atoms with E-state index >= 15 is 0 Å². The van der Waals surface area contributed by atoms with Crippen molar-refractivity contribution in [2.75, 3.05) is 0 Å². The molecule has 112 valence electrons. The van der Waals surface area contributed by atoms with Crippen molar-refractivity contribution in [2.45, 2.75) is 39.7 Å². The van der Waals surface area contributed by atoms with E-state index in [0.717, 1.165) is 12.8 Å². The van der Waals surface area contributed by atoms with Gasteiger partial charge in [-0.15, -0.1) is 0 Å². The van der Waals surface area contributed by atoms with Crippen molar-refractivity contribution >= 4 is 5.71 Å². The van der Waals surface area contributed by atoms with E-state index in [-0.39, 0.29) is 0 Å². The Morgan fingerprint density at radius 2 is 1.45 bits per heavy atom. The third-order valence-corrected chi connectivity index (χ3v) is 2.62. The number of halogens is 5. The second-order valence-corrected chi connectivity index (χ2v) is 4.25. The van der Waals surface area contributed by atoms with Gasteiger partial charge in [0.05, 0.1) is 11.3 Å². The van der Waals surface area contributed by atoms with Gasteiger partial charge in [0.15, 0.2) is 23.3 Å². The molecule has 1 aromatic rings. The topological polar surface area (TPSA) is 21.6 Å². The zero-order valence-electron chi connectivity index (χ0n) is 11.1. The lowest BCUT2D eigenvalue weighted by molar-refractivity contribution is 0.122. The highest BCUT2D eigenvalue weighted by Crippen LogP contribution is 2.23. The summed E-state index contributed by atoms with van der Waals surface area (Å²) in [5, 5.41) is 3.57. The van der Waals surface area contributed by atoms with Crippen LogP contribution in [-0.4, -0.2) is 5.71 Å². The van der Waals surface area contributed by atoms with Crippen molar-refractivity contribution in [3.05, 3.63) is 34.6 Å². The Balaban J connectivity index is 2.84. The molecule has 0 amide bonds. The largest absolute Gasteiger partial charge is 0.391 e. The summed E-state index contributed by atoms with van der Waals surface area (Å²) in [6, 6.07) is 0. The van der Waals surface area contributed by atoms with Crippen molar-refractivity contribution in [2.24, 2.45) is 5.16 Å². The Morgan fingerprint density at radius 3 is 1.95 bits per heavy atom. The maximum absolute atomic E-state index is 13.3. The normalized spacial score (nSPS) is 11.8. The SMILES string of the molecule is CCCC/C(C)=N/OCc1c(F)c(F)c(F)c(F)c1F. The van der Waals surface area contributed by atoms with Crippen LogP contribution in [0.25, 0.3) is 0 Å². The van der Waals surface area contributed by atoms with E-state index in [1.54, 1.807) is 6.92 Å². The molecule has 1 aromatic carbocycles. The molecular weight excluding hydrogens is 281 g/mol. The molecule has 0 atom stereocenters. The Hall–Kier alpha value is -1.66. The molecule has 0 heterocycles. The van der Waals surface area contributed by atoms with Crippen molar-refractivity contribution in [1.82, 2.24) is 0 Å². The summed E-state index contributed by atoms with van der Waals surface area (Å²) in [6.07, 6.45) is 2.43. The predicted molar refractivity (Wildman–Crippen MR) is 63.7 cm³/mol. The van der Waals surface area contributed by atoms with Crippen molar-refractivity contribution in [3.8, 4) is 0 Å². The van der Waals surface area contributed by atoms with Crippen LogP contribution in [0.3, 0.4) is 0 Å². The van der Waals surface area contributed by atoms with Gasteiger partial charge in [-0.1, -0.05) is 18.5 Å². The molecule has 7 heteroatoms. The standard InChI is InChI=1S/C13H14F5NO/c1-3-4-5-7(2)19-20-6-8-9(14)11(16)13(18)12(17)10(8)15/h3-6H2,1-2H3/b19-7+. The van der Waals surface area contributed by atoms with Gasteiger partial charge < -0.3 is 4.84 Å². The maximum atomic E-state index is 13.3. The third kappa shape index (κ3) is 3.68. The molecule has 1 rings (SSSR count). The van der Waals surface area contributed by atoms with E-state index in [9.17, 15) is 22.0 Å². The Morgan fingerprint density at radius 1 is 0.950 bits per heavy atom. The second-order valence-electron chi connectivity index (χ2n) is 4.25. The highest BCUT2D eigenvalue weighted by Gasteiger charge is 2.25. The highest BCUT2D eigenvalue weighted by atomic mass is 19.2. The van der Waals surface area contributed by atoms with Gasteiger partial charge in [0.1, 0.15) is 6.61 Å². The van der Waals surface area contributed by atoms with Crippen LogP contribution in [0.4, 0.5) is 22.0 Å². The van der Waals surface area contributed by atoms with Crippen LogP contribution >= 0.6 is 0 Å². The Bertz CT molecular complexity index is 487. The van der Waals surface area contributed by atoms with Crippen molar-refractivity contribution < 1.29 is 26.8 Å². The molecule has 0 radical (unpaired) electrons. The fourth-order valence-corrected chi connectivity index (χ4v) is 1.46. The molecule has 0 fully saturated rings. The quantitative estimate of drug-likeness (QED) is 0.249. The van der Waals surface area contributed by atoms with Gasteiger partial charge in [0.25, 0.3) is 0 Å². The van der Waals surface area contributed by atoms with E-state index in [4.69, 9.17) is 0 Å². The van der Waals surface area contributed by atoms with Crippen LogP contribution in [0.15, 0.2) is 5.16 Å². The second kappa shape index (κ2) is 7.21. The number of benzene rings is 1. The molecule has 2 nitrogen and oxygen atoms in total. The highest BCUT2D eigenvalue weighted by molar-refractivity contribution is 5.81. The number of nitrogens with zero attached hydrogens (tertiary/aromatic N) is 1. The third-order valence-electron chi connectivity index (χ3n) is 2.62. The Kier molecular flexibility index (Phi) is 5.91. The number of unbranched alkanes of at least 4 members (excludes halogenated alkanes) is 1. The molecule has 0 aliphatic rings. The van der Waals surface area contributed by atoms with Crippen LogP contribution in [-0.2, 0) is 11.4 Å². The summed E-state index contributed by atoms with van der Waals surface area (Å²) < 4.78 is 65.2. The predicted octanol–water partition coefficient (Wildman–Crippen LogP) is 4.46. The molecule has 0 saturated heterocycles. The van der Waals surface area contributed by atoms with Gasteiger partial charge in [0, 0.05) is 0 Å². The molecule has 0 spiro atoms. The molecule has 0 aliphatic carbocycles. The fourth-order valence-electron chi connectivity index (χ4n) is 1.46. The lowest BCUT2D eigenvalue weighted by Crippen LogP contribution is -2.08. The summed E-state index contributed by atoms with van der Waals surface area (Å²) in [7, 11) is 0. The average molecular weight is 295 g/mol. The summed E-state index contributed by atoms with van der Waals surface area (Å²) in [5.41, 5.74) is -0.454. The van der Waals surface area contributed by atoms with E-state index in [1.165, 1.54) is 0 Å². The number of rotatable bonds is 6. The summed E-state index contributed by atoms with van der Waals surface area (Å²) >= 11 is 0. The fraction of sp³-hybridized carbons (Fsp3) is 0.462. The molecule has 0 unspecified atom stereocenters. The minimum atomic E-state index is -2.19. The van der Waals surface area contributed by atoms with Crippen LogP contribution in [0.2, 0.25) is 0 Å². The van der Waals surface area contributed by atoms with Crippen LogP contribution < -0.4 is 0 Å². The molecule has 0 bridgehead atoms. The van der Waals surface area contributed by atoms with Gasteiger partial charge in [-0.3, -0.25) is 0 Å². The first kappa shape index (κ1) is 16.4. The summed E-state index contributed by atoms with van der Waals surface area (Å²) in [6.45, 7) is 2.80. The maximum Gasteiger partial charge on any atom is 0.200 e. The van der Waals surface area contributed by atoms with Gasteiger partial charge >= 0.3 is 0 Å². The van der Waals surface area contributed by atoms with E-state index in [1.807, 2.05) is 6.92 Å².